The maximum atomic E-state index is 15.1. The van der Waals surface area contributed by atoms with Gasteiger partial charge in [0, 0.05) is 50.3 Å². The van der Waals surface area contributed by atoms with Gasteiger partial charge in [-0.05, 0) is 29.7 Å². The summed E-state index contributed by atoms with van der Waals surface area (Å²) in [6.45, 7) is 6.72. The Morgan fingerprint density at radius 1 is 1.30 bits per heavy atom. The second-order valence-corrected chi connectivity index (χ2v) is 9.48. The summed E-state index contributed by atoms with van der Waals surface area (Å²) >= 11 is 0. The minimum Gasteiger partial charge on any atom is -0.448 e. The molecule has 0 aliphatic carbocycles. The minimum atomic E-state index is -0.442. The van der Waals surface area contributed by atoms with Crippen molar-refractivity contribution in [1.82, 2.24) is 30.8 Å². The number of H-pyrrole nitrogens is 1. The van der Waals surface area contributed by atoms with Crippen molar-refractivity contribution in [3.8, 4) is 11.1 Å². The fourth-order valence-corrected chi connectivity index (χ4v) is 4.54. The van der Waals surface area contributed by atoms with Crippen LogP contribution in [0.2, 0.25) is 0 Å². The van der Waals surface area contributed by atoms with Crippen LogP contribution < -0.4 is 15.5 Å². The summed E-state index contributed by atoms with van der Waals surface area (Å²) in [6.07, 6.45) is 3.77. The number of rotatable bonds is 7. The van der Waals surface area contributed by atoms with Crippen LogP contribution >= 0.6 is 0 Å². The lowest BCUT2D eigenvalue weighted by molar-refractivity contribution is -0.119. The molecule has 0 unspecified atom stereocenters. The van der Waals surface area contributed by atoms with Crippen LogP contribution in [-0.4, -0.2) is 51.1 Å². The van der Waals surface area contributed by atoms with Crippen LogP contribution in [0.25, 0.3) is 22.2 Å². The number of anilines is 1. The van der Waals surface area contributed by atoms with Crippen LogP contribution in [0.3, 0.4) is 0 Å². The molecule has 1 aliphatic rings. The van der Waals surface area contributed by atoms with Gasteiger partial charge in [0.25, 0.3) is 5.91 Å². The SMILES string of the molecule is CC(=O)N[C@@H]1CCN(c2n[nH]c3nccc(-c4ccc(CNC(=O)c5coc(C(C)C)n5)c(F)c4)c23)C1. The number of fused-ring (bicyclic) bond motifs is 1. The molecule has 1 fully saturated rings. The van der Waals surface area contributed by atoms with Crippen LogP contribution in [0.15, 0.2) is 41.1 Å². The fourth-order valence-electron chi connectivity index (χ4n) is 4.54. The van der Waals surface area contributed by atoms with Gasteiger partial charge in [0.15, 0.2) is 23.0 Å². The highest BCUT2D eigenvalue weighted by atomic mass is 19.1. The van der Waals surface area contributed by atoms with Crippen molar-refractivity contribution < 1.29 is 18.4 Å². The van der Waals surface area contributed by atoms with E-state index in [1.807, 2.05) is 26.0 Å². The molecule has 10 nitrogen and oxygen atoms in total. The van der Waals surface area contributed by atoms with Gasteiger partial charge >= 0.3 is 0 Å². The number of carbonyl (C=O) groups excluding carboxylic acids is 2. The Morgan fingerprint density at radius 3 is 2.86 bits per heavy atom. The number of carbonyl (C=O) groups is 2. The molecule has 2 amide bonds. The average Bonchev–Trinajstić information content (AvgIpc) is 3.62. The molecule has 1 aromatic carbocycles. The molecule has 4 heterocycles. The first-order chi connectivity index (χ1) is 17.8. The van der Waals surface area contributed by atoms with Crippen LogP contribution in [0.4, 0.5) is 10.2 Å². The van der Waals surface area contributed by atoms with Crippen molar-refractivity contribution >= 4 is 28.7 Å². The van der Waals surface area contributed by atoms with Crippen LogP contribution in [0.1, 0.15) is 55.1 Å². The maximum Gasteiger partial charge on any atom is 0.273 e. The third kappa shape index (κ3) is 5.02. The van der Waals surface area contributed by atoms with Crippen molar-refractivity contribution in [1.29, 1.82) is 0 Å². The number of nitrogens with zero attached hydrogens (tertiary/aromatic N) is 4. The Kier molecular flexibility index (Phi) is 6.60. The van der Waals surface area contributed by atoms with Crippen molar-refractivity contribution in [2.24, 2.45) is 0 Å². The summed E-state index contributed by atoms with van der Waals surface area (Å²) in [6, 6.07) is 6.79. The molecule has 0 radical (unpaired) electrons. The summed E-state index contributed by atoms with van der Waals surface area (Å²) in [5, 5.41) is 13.9. The molecule has 5 rings (SSSR count). The normalized spacial score (nSPS) is 15.5. The van der Waals surface area contributed by atoms with Gasteiger partial charge in [0.2, 0.25) is 5.91 Å². The Balaban J connectivity index is 1.35. The van der Waals surface area contributed by atoms with Gasteiger partial charge in [-0.2, -0.15) is 5.10 Å². The quantitative estimate of drug-likeness (QED) is 0.350. The zero-order chi connectivity index (χ0) is 26.1. The predicted molar refractivity (Wildman–Crippen MR) is 135 cm³/mol. The van der Waals surface area contributed by atoms with E-state index in [0.29, 0.717) is 29.2 Å². The lowest BCUT2D eigenvalue weighted by Crippen LogP contribution is -2.35. The first kappa shape index (κ1) is 24.4. The third-order valence-corrected chi connectivity index (χ3v) is 6.39. The summed E-state index contributed by atoms with van der Waals surface area (Å²) in [4.78, 5) is 34.5. The molecule has 3 N–H and O–H groups in total. The van der Waals surface area contributed by atoms with E-state index in [2.05, 4.69) is 35.7 Å². The molecule has 1 saturated heterocycles. The molecule has 0 bridgehead atoms. The van der Waals surface area contributed by atoms with Crippen LogP contribution in [-0.2, 0) is 11.3 Å². The van der Waals surface area contributed by atoms with Gasteiger partial charge in [0.1, 0.15) is 12.1 Å². The van der Waals surface area contributed by atoms with Gasteiger partial charge in [-0.1, -0.05) is 26.0 Å². The average molecular weight is 506 g/mol. The maximum absolute atomic E-state index is 15.1. The number of hydrogen-bond donors (Lipinski definition) is 3. The van der Waals surface area contributed by atoms with E-state index in [9.17, 15) is 9.59 Å². The molecule has 37 heavy (non-hydrogen) atoms. The Labute approximate surface area is 212 Å². The molecule has 1 aliphatic heterocycles. The summed E-state index contributed by atoms with van der Waals surface area (Å²) in [7, 11) is 0. The molecule has 11 heteroatoms. The van der Waals surface area contributed by atoms with Crippen LogP contribution in [0.5, 0.6) is 0 Å². The molecular formula is C26H28FN7O3. The zero-order valence-electron chi connectivity index (χ0n) is 20.8. The van der Waals surface area contributed by atoms with E-state index in [-0.39, 0.29) is 30.1 Å². The van der Waals surface area contributed by atoms with E-state index in [1.165, 1.54) is 19.3 Å². The topological polar surface area (TPSA) is 129 Å². The van der Waals surface area contributed by atoms with Crippen molar-refractivity contribution in [2.75, 3.05) is 18.0 Å². The Morgan fingerprint density at radius 2 is 2.14 bits per heavy atom. The highest BCUT2D eigenvalue weighted by Crippen LogP contribution is 2.35. The minimum absolute atomic E-state index is 0.00977. The highest BCUT2D eigenvalue weighted by Gasteiger charge is 2.27. The monoisotopic (exact) mass is 505 g/mol. The molecular weight excluding hydrogens is 477 g/mol. The lowest BCUT2D eigenvalue weighted by atomic mass is 10.0. The number of nitrogens with one attached hydrogen (secondary N) is 3. The van der Waals surface area contributed by atoms with E-state index in [0.717, 1.165) is 29.7 Å². The van der Waals surface area contributed by atoms with E-state index >= 15 is 4.39 Å². The first-order valence-corrected chi connectivity index (χ1v) is 12.2. The number of aromatic nitrogens is 4. The van der Waals surface area contributed by atoms with Crippen molar-refractivity contribution in [2.45, 2.75) is 45.7 Å². The zero-order valence-corrected chi connectivity index (χ0v) is 20.8. The standard InChI is InChI=1S/C26H28FN7O3/c1-14(2)26-31-21(13-37-26)25(36)29-11-17-5-4-16(10-20(17)27)19-6-8-28-23-22(19)24(33-32-23)34-9-7-18(12-34)30-15(3)35/h4-6,8,10,13-14,18H,7,9,11-12H2,1-3H3,(H,29,36)(H,30,35)(H,28,32,33)/t18-/m1/s1. The Hall–Kier alpha value is -4.28. The summed E-state index contributed by atoms with van der Waals surface area (Å²) in [5.74, 6) is 0.322. The summed E-state index contributed by atoms with van der Waals surface area (Å²) in [5.41, 5.74) is 2.56. The lowest BCUT2D eigenvalue weighted by Gasteiger charge is -2.17. The molecule has 0 spiro atoms. The predicted octanol–water partition coefficient (Wildman–Crippen LogP) is 3.52. The number of hydrogen-bond acceptors (Lipinski definition) is 7. The van der Waals surface area contributed by atoms with E-state index in [4.69, 9.17) is 4.42 Å². The van der Waals surface area contributed by atoms with Crippen LogP contribution in [0, 0.1) is 5.82 Å². The third-order valence-electron chi connectivity index (χ3n) is 6.39. The Bertz CT molecular complexity index is 1460. The van der Waals surface area contributed by atoms with E-state index in [1.54, 1.807) is 12.3 Å². The first-order valence-electron chi connectivity index (χ1n) is 12.2. The molecule has 1 atom stereocenters. The number of oxazole rings is 1. The fraction of sp³-hybridized carbons (Fsp3) is 0.346. The highest BCUT2D eigenvalue weighted by molar-refractivity contribution is 6.00. The summed E-state index contributed by atoms with van der Waals surface area (Å²) < 4.78 is 20.4. The number of aromatic amines is 1. The van der Waals surface area contributed by atoms with Gasteiger partial charge in [0.05, 0.1) is 5.39 Å². The smallest absolute Gasteiger partial charge is 0.273 e. The van der Waals surface area contributed by atoms with Gasteiger partial charge in [-0.15, -0.1) is 0 Å². The van der Waals surface area contributed by atoms with Gasteiger partial charge in [-0.3, -0.25) is 14.7 Å². The molecule has 4 aromatic rings. The number of benzene rings is 1. The largest absolute Gasteiger partial charge is 0.448 e. The molecule has 3 aromatic heterocycles. The number of amides is 2. The van der Waals surface area contributed by atoms with Gasteiger partial charge < -0.3 is 20.0 Å². The molecule has 192 valence electrons. The second kappa shape index (κ2) is 10.00. The molecule has 0 saturated carbocycles. The van der Waals surface area contributed by atoms with Crippen molar-refractivity contribution in [3.63, 3.8) is 0 Å². The second-order valence-electron chi connectivity index (χ2n) is 9.48. The number of pyridine rings is 1. The van der Waals surface area contributed by atoms with Gasteiger partial charge in [-0.25, -0.2) is 14.4 Å². The van der Waals surface area contributed by atoms with Crippen molar-refractivity contribution in [3.05, 3.63) is 59.7 Å². The van der Waals surface area contributed by atoms with E-state index < -0.39 is 11.7 Å². The number of halogens is 1.